The van der Waals surface area contributed by atoms with Crippen LogP contribution in [0.3, 0.4) is 0 Å². The van der Waals surface area contributed by atoms with Crippen molar-refractivity contribution in [3.05, 3.63) is 35.3 Å². The number of nitrogens with zero attached hydrogens (tertiary/aromatic N) is 4. The molecule has 6 nitrogen and oxygen atoms in total. The average Bonchev–Trinajstić information content (AvgIpc) is 3.52. The molecular weight excluding hydrogens is 458 g/mol. The minimum absolute atomic E-state index is 0.118. The number of hydrogen-bond acceptors (Lipinski definition) is 4. The molecule has 0 aliphatic carbocycles. The van der Waals surface area contributed by atoms with Gasteiger partial charge in [-0.05, 0) is 107 Å². The Morgan fingerprint density at radius 3 is 2.41 bits per heavy atom. The van der Waals surface area contributed by atoms with Crippen molar-refractivity contribution in [1.29, 1.82) is 0 Å². The standard InChI is InChI=1S/C31H47N5O/c1-24(2)13-20-35(21-14-25(3)4)31(37)27-9-10-30-33-28(22-26-11-15-32-16-12-26)29(36(30)23-27)8-7-19-34-17-5-6-18-34/h9-10,23-26,32H,5-6,11-22H2,1-4H3. The number of fused-ring (bicyclic) bond motifs is 1. The van der Waals surface area contributed by atoms with E-state index in [1.807, 2.05) is 23.2 Å². The van der Waals surface area contributed by atoms with E-state index in [0.29, 0.717) is 17.8 Å². The van der Waals surface area contributed by atoms with Gasteiger partial charge in [-0.2, -0.15) is 0 Å². The zero-order valence-electron chi connectivity index (χ0n) is 23.6. The maximum atomic E-state index is 13.7. The van der Waals surface area contributed by atoms with Crippen LogP contribution < -0.4 is 5.32 Å². The molecule has 2 aromatic rings. The maximum Gasteiger partial charge on any atom is 0.255 e. The van der Waals surface area contributed by atoms with Gasteiger partial charge in [0.25, 0.3) is 5.91 Å². The van der Waals surface area contributed by atoms with Gasteiger partial charge in [0.05, 0.1) is 17.8 Å². The maximum absolute atomic E-state index is 13.7. The molecule has 0 atom stereocenters. The lowest BCUT2D eigenvalue weighted by molar-refractivity contribution is 0.0740. The summed E-state index contributed by atoms with van der Waals surface area (Å²) in [6, 6.07) is 3.96. The second-order valence-electron chi connectivity index (χ2n) is 11.9. The first-order chi connectivity index (χ1) is 17.9. The average molecular weight is 506 g/mol. The van der Waals surface area contributed by atoms with Gasteiger partial charge in [-0.3, -0.25) is 14.1 Å². The van der Waals surface area contributed by atoms with Gasteiger partial charge in [0, 0.05) is 19.3 Å². The molecule has 0 aromatic carbocycles. The van der Waals surface area contributed by atoms with Crippen LogP contribution in [-0.2, 0) is 6.42 Å². The van der Waals surface area contributed by atoms with Crippen molar-refractivity contribution in [1.82, 2.24) is 24.5 Å². The number of carbonyl (C=O) groups excluding carboxylic acids is 1. The van der Waals surface area contributed by atoms with Crippen LogP contribution in [0.1, 0.15) is 88.0 Å². The van der Waals surface area contributed by atoms with E-state index in [4.69, 9.17) is 4.98 Å². The van der Waals surface area contributed by atoms with E-state index in [1.165, 1.54) is 25.7 Å². The van der Waals surface area contributed by atoms with E-state index in [-0.39, 0.29) is 5.91 Å². The Labute approximate surface area is 224 Å². The minimum Gasteiger partial charge on any atom is -0.339 e. The minimum atomic E-state index is 0.118. The molecule has 37 heavy (non-hydrogen) atoms. The van der Waals surface area contributed by atoms with Gasteiger partial charge in [0.15, 0.2) is 0 Å². The summed E-state index contributed by atoms with van der Waals surface area (Å²) in [6.07, 6.45) is 9.89. The fraction of sp³-hybridized carbons (Fsp3) is 0.677. The Balaban J connectivity index is 1.62. The first-order valence-electron chi connectivity index (χ1n) is 14.6. The summed E-state index contributed by atoms with van der Waals surface area (Å²) in [7, 11) is 0. The van der Waals surface area contributed by atoms with E-state index < -0.39 is 0 Å². The molecule has 0 unspecified atom stereocenters. The van der Waals surface area contributed by atoms with Gasteiger partial charge >= 0.3 is 0 Å². The predicted molar refractivity (Wildman–Crippen MR) is 152 cm³/mol. The third kappa shape index (κ3) is 7.82. The second kappa shape index (κ2) is 13.4. The van der Waals surface area contributed by atoms with Gasteiger partial charge in [0.2, 0.25) is 0 Å². The zero-order chi connectivity index (χ0) is 26.2. The Hall–Kier alpha value is -2.36. The third-order valence-electron chi connectivity index (χ3n) is 7.83. The molecule has 2 aliphatic rings. The van der Waals surface area contributed by atoms with Crippen molar-refractivity contribution in [2.24, 2.45) is 17.8 Å². The number of imidazole rings is 1. The summed E-state index contributed by atoms with van der Waals surface area (Å²) in [4.78, 5) is 23.2. The number of nitrogens with one attached hydrogen (secondary N) is 1. The molecule has 2 aromatic heterocycles. The van der Waals surface area contributed by atoms with E-state index in [0.717, 1.165) is 87.7 Å². The highest BCUT2D eigenvalue weighted by atomic mass is 16.2. The zero-order valence-corrected chi connectivity index (χ0v) is 23.6. The molecule has 0 saturated carbocycles. The molecule has 202 valence electrons. The number of rotatable bonds is 10. The van der Waals surface area contributed by atoms with Crippen LogP contribution >= 0.6 is 0 Å². The molecule has 0 spiro atoms. The van der Waals surface area contributed by atoms with Crippen LogP contribution in [0, 0.1) is 29.6 Å². The Kier molecular flexibility index (Phi) is 10.1. The van der Waals surface area contributed by atoms with Gasteiger partial charge in [-0.25, -0.2) is 4.98 Å². The van der Waals surface area contributed by atoms with E-state index in [2.05, 4.69) is 54.2 Å². The second-order valence-corrected chi connectivity index (χ2v) is 11.9. The Morgan fingerprint density at radius 2 is 1.76 bits per heavy atom. The summed E-state index contributed by atoms with van der Waals surface area (Å²) >= 11 is 0. The summed E-state index contributed by atoms with van der Waals surface area (Å²) in [5, 5.41) is 3.47. The molecule has 1 amide bonds. The van der Waals surface area contributed by atoms with Gasteiger partial charge < -0.3 is 10.2 Å². The van der Waals surface area contributed by atoms with Crippen LogP contribution in [0.4, 0.5) is 0 Å². The Morgan fingerprint density at radius 1 is 1.08 bits per heavy atom. The monoisotopic (exact) mass is 505 g/mol. The molecule has 6 heteroatoms. The highest BCUT2D eigenvalue weighted by molar-refractivity contribution is 5.94. The molecule has 1 N–H and O–H groups in total. The number of pyridine rings is 1. The summed E-state index contributed by atoms with van der Waals surface area (Å²) < 4.78 is 2.09. The first-order valence-corrected chi connectivity index (χ1v) is 14.6. The molecule has 2 saturated heterocycles. The third-order valence-corrected chi connectivity index (χ3v) is 7.83. The van der Waals surface area contributed by atoms with E-state index >= 15 is 0 Å². The van der Waals surface area contributed by atoms with Crippen molar-refractivity contribution >= 4 is 11.6 Å². The summed E-state index contributed by atoms with van der Waals surface area (Å²) in [5.74, 6) is 8.83. The number of hydrogen-bond donors (Lipinski definition) is 1. The molecule has 4 rings (SSSR count). The Bertz CT molecular complexity index is 1070. The van der Waals surface area contributed by atoms with Crippen molar-refractivity contribution in [2.45, 2.75) is 72.6 Å². The lowest BCUT2D eigenvalue weighted by Crippen LogP contribution is -2.34. The van der Waals surface area contributed by atoms with Crippen LogP contribution in [0.25, 0.3) is 5.65 Å². The van der Waals surface area contributed by atoms with Crippen LogP contribution in [0.5, 0.6) is 0 Å². The van der Waals surface area contributed by atoms with Crippen LogP contribution in [0.2, 0.25) is 0 Å². The topological polar surface area (TPSA) is 52.9 Å². The number of amides is 1. The molecule has 2 aliphatic heterocycles. The molecule has 0 bridgehead atoms. The van der Waals surface area contributed by atoms with Gasteiger partial charge in [0.1, 0.15) is 11.3 Å². The first kappa shape index (κ1) is 27.7. The normalized spacial score (nSPS) is 17.0. The summed E-state index contributed by atoms with van der Waals surface area (Å²) in [6.45, 7) is 15.7. The number of piperidine rings is 1. The van der Waals surface area contributed by atoms with Crippen molar-refractivity contribution in [2.75, 3.05) is 45.8 Å². The molecule has 2 fully saturated rings. The number of likely N-dealkylation sites (tertiary alicyclic amines) is 1. The van der Waals surface area contributed by atoms with Crippen molar-refractivity contribution in [3.8, 4) is 11.8 Å². The van der Waals surface area contributed by atoms with Crippen molar-refractivity contribution in [3.63, 3.8) is 0 Å². The number of carbonyl (C=O) groups is 1. The highest BCUT2D eigenvalue weighted by Crippen LogP contribution is 2.22. The van der Waals surface area contributed by atoms with Crippen LogP contribution in [-0.4, -0.2) is 70.9 Å². The molecular formula is C31H47N5O. The SMILES string of the molecule is CC(C)CCN(CCC(C)C)C(=O)c1ccc2nc(CC3CCNCC3)c(C#CCN3CCCC3)n2c1. The van der Waals surface area contributed by atoms with Gasteiger partial charge in [-0.15, -0.1) is 0 Å². The fourth-order valence-corrected chi connectivity index (χ4v) is 5.36. The fourth-order valence-electron chi connectivity index (χ4n) is 5.36. The molecule has 0 radical (unpaired) electrons. The van der Waals surface area contributed by atoms with E-state index in [1.54, 1.807) is 0 Å². The lowest BCUT2D eigenvalue weighted by Gasteiger charge is -2.24. The number of aromatic nitrogens is 2. The quantitative estimate of drug-likeness (QED) is 0.469. The largest absolute Gasteiger partial charge is 0.339 e. The lowest BCUT2D eigenvalue weighted by atomic mass is 9.92. The van der Waals surface area contributed by atoms with Gasteiger partial charge in [-0.1, -0.05) is 33.6 Å². The molecule has 4 heterocycles. The van der Waals surface area contributed by atoms with Crippen molar-refractivity contribution < 1.29 is 4.79 Å². The smallest absolute Gasteiger partial charge is 0.255 e. The highest BCUT2D eigenvalue weighted by Gasteiger charge is 2.21. The summed E-state index contributed by atoms with van der Waals surface area (Å²) in [5.41, 5.74) is 3.68. The predicted octanol–water partition coefficient (Wildman–Crippen LogP) is 4.86. The van der Waals surface area contributed by atoms with E-state index in [9.17, 15) is 4.79 Å². The van der Waals surface area contributed by atoms with Crippen LogP contribution in [0.15, 0.2) is 18.3 Å².